The predicted octanol–water partition coefficient (Wildman–Crippen LogP) is 1.62. The highest BCUT2D eigenvalue weighted by Crippen LogP contribution is 2.10. The molecule has 3 N–H and O–H groups in total. The molecule has 1 aromatic heterocycles. The molecular formula is C20H19N3O3. The first-order chi connectivity index (χ1) is 12.6. The summed E-state index contributed by atoms with van der Waals surface area (Å²) in [6, 6.07) is 18.1. The van der Waals surface area contributed by atoms with Crippen molar-refractivity contribution in [3.05, 3.63) is 82.1 Å². The molecule has 6 heteroatoms. The fraction of sp³-hybridized carbons (Fsp3) is 0.150. The quantitative estimate of drug-likeness (QED) is 0.631. The van der Waals surface area contributed by atoms with Crippen molar-refractivity contribution in [1.29, 1.82) is 0 Å². The van der Waals surface area contributed by atoms with Crippen LogP contribution in [-0.2, 0) is 11.2 Å². The number of para-hydroxylation sites is 1. The van der Waals surface area contributed by atoms with Crippen LogP contribution in [0.25, 0.3) is 10.9 Å². The average molecular weight is 349 g/mol. The minimum Gasteiger partial charge on any atom is -0.354 e. The van der Waals surface area contributed by atoms with Crippen molar-refractivity contribution < 1.29 is 9.59 Å². The van der Waals surface area contributed by atoms with Crippen molar-refractivity contribution in [1.82, 2.24) is 15.6 Å². The van der Waals surface area contributed by atoms with Crippen LogP contribution in [0, 0.1) is 0 Å². The Hall–Kier alpha value is -3.41. The van der Waals surface area contributed by atoms with Crippen LogP contribution in [0.15, 0.2) is 65.5 Å². The van der Waals surface area contributed by atoms with E-state index in [0.717, 1.165) is 10.9 Å². The Balaban J connectivity index is 1.49. The molecule has 0 aliphatic heterocycles. The van der Waals surface area contributed by atoms with Gasteiger partial charge in [0.15, 0.2) is 0 Å². The van der Waals surface area contributed by atoms with Gasteiger partial charge < -0.3 is 15.6 Å². The number of H-pyrrole nitrogens is 1. The maximum atomic E-state index is 12.1. The molecule has 2 aromatic carbocycles. The number of hydrogen-bond acceptors (Lipinski definition) is 3. The first-order valence-electron chi connectivity index (χ1n) is 8.34. The van der Waals surface area contributed by atoms with E-state index in [1.807, 2.05) is 36.4 Å². The van der Waals surface area contributed by atoms with Gasteiger partial charge in [-0.1, -0.05) is 36.4 Å². The third kappa shape index (κ3) is 4.36. The average Bonchev–Trinajstić information content (AvgIpc) is 2.67. The molecule has 0 saturated carbocycles. The summed E-state index contributed by atoms with van der Waals surface area (Å²) in [5.41, 5.74) is 1.74. The summed E-state index contributed by atoms with van der Waals surface area (Å²) >= 11 is 0. The number of nitrogens with one attached hydrogen (secondary N) is 3. The summed E-state index contributed by atoms with van der Waals surface area (Å²) in [6.07, 6.45) is 0.415. The Kier molecular flexibility index (Phi) is 5.43. The van der Waals surface area contributed by atoms with Crippen molar-refractivity contribution in [2.24, 2.45) is 0 Å². The van der Waals surface area contributed by atoms with Gasteiger partial charge in [0.25, 0.3) is 11.5 Å². The van der Waals surface area contributed by atoms with Gasteiger partial charge in [0.1, 0.15) is 0 Å². The Morgan fingerprint density at radius 1 is 0.923 bits per heavy atom. The lowest BCUT2D eigenvalue weighted by molar-refractivity contribution is -0.120. The van der Waals surface area contributed by atoms with E-state index in [1.165, 1.54) is 0 Å². The van der Waals surface area contributed by atoms with Crippen LogP contribution in [-0.4, -0.2) is 29.9 Å². The third-order valence-corrected chi connectivity index (χ3v) is 3.99. The fourth-order valence-electron chi connectivity index (χ4n) is 2.63. The lowest BCUT2D eigenvalue weighted by Gasteiger charge is -2.07. The molecule has 0 fully saturated rings. The van der Waals surface area contributed by atoms with Gasteiger partial charge >= 0.3 is 0 Å². The molecule has 0 spiro atoms. The molecular weight excluding hydrogens is 330 g/mol. The lowest BCUT2D eigenvalue weighted by Crippen LogP contribution is -2.38. The highest BCUT2D eigenvalue weighted by atomic mass is 16.2. The molecule has 0 bridgehead atoms. The Morgan fingerprint density at radius 2 is 1.65 bits per heavy atom. The number of fused-ring (bicyclic) bond motifs is 1. The molecule has 0 radical (unpaired) electrons. The smallest absolute Gasteiger partial charge is 0.251 e. The van der Waals surface area contributed by atoms with E-state index in [2.05, 4.69) is 15.6 Å². The second-order valence-electron chi connectivity index (χ2n) is 5.86. The Labute approximate surface area is 150 Å². The van der Waals surface area contributed by atoms with Crippen LogP contribution < -0.4 is 16.2 Å². The summed E-state index contributed by atoms with van der Waals surface area (Å²) in [5.74, 6) is -0.599. The molecule has 1 heterocycles. The van der Waals surface area contributed by atoms with Gasteiger partial charge in [-0.3, -0.25) is 14.4 Å². The summed E-state index contributed by atoms with van der Waals surface area (Å²) in [6.45, 7) is 0.212. The van der Waals surface area contributed by atoms with Gasteiger partial charge in [-0.2, -0.15) is 0 Å². The molecule has 0 aliphatic rings. The van der Waals surface area contributed by atoms with Gasteiger partial charge in [-0.05, 0) is 36.1 Å². The molecule has 3 aromatic rings. The zero-order valence-electron chi connectivity index (χ0n) is 14.1. The SMILES string of the molecule is O=C(CNC(=O)c1ccccc1)NCCc1cc2ccccc2[nH]c1=O. The number of aromatic nitrogens is 1. The van der Waals surface area contributed by atoms with Crippen molar-refractivity contribution in [3.63, 3.8) is 0 Å². The number of benzene rings is 2. The highest BCUT2D eigenvalue weighted by Gasteiger charge is 2.08. The zero-order chi connectivity index (χ0) is 18.4. The number of amides is 2. The van der Waals surface area contributed by atoms with Crippen LogP contribution in [0.4, 0.5) is 0 Å². The summed E-state index contributed by atoms with van der Waals surface area (Å²) in [5, 5.41) is 6.22. The van der Waals surface area contributed by atoms with Crippen LogP contribution >= 0.6 is 0 Å². The first kappa shape index (κ1) is 17.4. The molecule has 6 nitrogen and oxygen atoms in total. The van der Waals surface area contributed by atoms with Gasteiger partial charge in [0, 0.05) is 23.2 Å². The topological polar surface area (TPSA) is 91.1 Å². The maximum Gasteiger partial charge on any atom is 0.251 e. The molecule has 3 rings (SSSR count). The predicted molar refractivity (Wildman–Crippen MR) is 100 cm³/mol. The van der Waals surface area contributed by atoms with Gasteiger partial charge in [0.2, 0.25) is 5.91 Å². The minimum absolute atomic E-state index is 0.109. The maximum absolute atomic E-state index is 12.1. The molecule has 2 amide bonds. The van der Waals surface area contributed by atoms with E-state index in [-0.39, 0.29) is 23.9 Å². The minimum atomic E-state index is -0.300. The number of aromatic amines is 1. The fourth-order valence-corrected chi connectivity index (χ4v) is 2.63. The van der Waals surface area contributed by atoms with Crippen molar-refractivity contribution in [3.8, 4) is 0 Å². The van der Waals surface area contributed by atoms with E-state index >= 15 is 0 Å². The van der Waals surface area contributed by atoms with E-state index in [1.54, 1.807) is 24.3 Å². The summed E-state index contributed by atoms with van der Waals surface area (Å²) in [7, 11) is 0. The molecule has 0 atom stereocenters. The number of hydrogen-bond donors (Lipinski definition) is 3. The summed E-state index contributed by atoms with van der Waals surface area (Å²) in [4.78, 5) is 38.6. The number of pyridine rings is 1. The van der Waals surface area contributed by atoms with Crippen LogP contribution in [0.3, 0.4) is 0 Å². The normalized spacial score (nSPS) is 10.5. The van der Waals surface area contributed by atoms with Crippen LogP contribution in [0.5, 0.6) is 0 Å². The van der Waals surface area contributed by atoms with Gasteiger partial charge in [-0.15, -0.1) is 0 Å². The zero-order valence-corrected chi connectivity index (χ0v) is 14.1. The molecule has 0 saturated heterocycles. The second kappa shape index (κ2) is 8.11. The van der Waals surface area contributed by atoms with Gasteiger partial charge in [0.05, 0.1) is 6.54 Å². The number of carbonyl (C=O) groups excluding carboxylic acids is 2. The Bertz CT molecular complexity index is 980. The molecule has 26 heavy (non-hydrogen) atoms. The molecule has 132 valence electrons. The van der Waals surface area contributed by atoms with Gasteiger partial charge in [-0.25, -0.2) is 0 Å². The monoisotopic (exact) mass is 349 g/mol. The second-order valence-corrected chi connectivity index (χ2v) is 5.86. The van der Waals surface area contributed by atoms with E-state index < -0.39 is 0 Å². The van der Waals surface area contributed by atoms with E-state index in [0.29, 0.717) is 24.1 Å². The first-order valence-corrected chi connectivity index (χ1v) is 8.34. The largest absolute Gasteiger partial charge is 0.354 e. The lowest BCUT2D eigenvalue weighted by atomic mass is 10.1. The summed E-state index contributed by atoms with van der Waals surface area (Å²) < 4.78 is 0. The van der Waals surface area contributed by atoms with E-state index in [4.69, 9.17) is 0 Å². The highest BCUT2D eigenvalue weighted by molar-refractivity contribution is 5.96. The van der Waals surface area contributed by atoms with Crippen molar-refractivity contribution >= 4 is 22.7 Å². The van der Waals surface area contributed by atoms with Crippen molar-refractivity contribution in [2.45, 2.75) is 6.42 Å². The Morgan fingerprint density at radius 3 is 2.46 bits per heavy atom. The number of carbonyl (C=O) groups is 2. The van der Waals surface area contributed by atoms with Crippen molar-refractivity contribution in [2.75, 3.05) is 13.1 Å². The molecule has 0 aliphatic carbocycles. The standard InChI is InChI=1S/C20H19N3O3/c24-18(13-22-19(25)14-6-2-1-3-7-14)21-11-10-16-12-15-8-4-5-9-17(15)23-20(16)26/h1-9,12H,10-11,13H2,(H,21,24)(H,22,25)(H,23,26). The number of rotatable bonds is 6. The third-order valence-electron chi connectivity index (χ3n) is 3.99. The van der Waals surface area contributed by atoms with E-state index in [9.17, 15) is 14.4 Å². The molecule has 0 unspecified atom stereocenters. The van der Waals surface area contributed by atoms with Crippen LogP contribution in [0.2, 0.25) is 0 Å². The van der Waals surface area contributed by atoms with Crippen LogP contribution in [0.1, 0.15) is 15.9 Å².